The van der Waals surface area contributed by atoms with Crippen molar-refractivity contribution >= 4 is 17.6 Å². The number of carboxylic acid groups (broad SMARTS) is 1. The molecular formula is C21H17NO5. The predicted octanol–water partition coefficient (Wildman–Crippen LogP) is 4.02. The first kappa shape index (κ1) is 18.0. The number of rotatable bonds is 5. The molecule has 3 rings (SSSR count). The van der Waals surface area contributed by atoms with Gasteiger partial charge in [-0.05, 0) is 41.5 Å². The first-order valence-corrected chi connectivity index (χ1v) is 8.10. The van der Waals surface area contributed by atoms with Crippen molar-refractivity contribution in [3.05, 3.63) is 77.9 Å². The van der Waals surface area contributed by atoms with Crippen LogP contribution >= 0.6 is 0 Å². The van der Waals surface area contributed by atoms with Crippen molar-refractivity contribution in [2.75, 3.05) is 12.4 Å². The molecule has 0 bridgehead atoms. The van der Waals surface area contributed by atoms with Gasteiger partial charge in [-0.2, -0.15) is 0 Å². The number of hydrogen-bond donors (Lipinski definition) is 3. The fourth-order valence-electron chi connectivity index (χ4n) is 2.66. The Bertz CT molecular complexity index is 999. The smallest absolute Gasteiger partial charge is 0.337 e. The zero-order valence-electron chi connectivity index (χ0n) is 14.5. The number of carbonyl (C=O) groups excluding carboxylic acids is 1. The van der Waals surface area contributed by atoms with Gasteiger partial charge in [0, 0.05) is 0 Å². The minimum atomic E-state index is -1.17. The van der Waals surface area contributed by atoms with Crippen LogP contribution in [0.5, 0.6) is 11.5 Å². The summed E-state index contributed by atoms with van der Waals surface area (Å²) in [6.07, 6.45) is 0. The summed E-state index contributed by atoms with van der Waals surface area (Å²) in [5, 5.41) is 22.0. The van der Waals surface area contributed by atoms with Crippen LogP contribution in [0.4, 0.5) is 5.69 Å². The van der Waals surface area contributed by atoms with E-state index in [1.165, 1.54) is 31.4 Å². The Morgan fingerprint density at radius 3 is 2.30 bits per heavy atom. The van der Waals surface area contributed by atoms with Crippen molar-refractivity contribution in [2.24, 2.45) is 0 Å². The zero-order chi connectivity index (χ0) is 19.4. The number of benzene rings is 3. The molecule has 0 saturated carbocycles. The van der Waals surface area contributed by atoms with E-state index in [4.69, 9.17) is 4.74 Å². The lowest BCUT2D eigenvalue weighted by atomic mass is 10.0. The minimum absolute atomic E-state index is 0.0178. The number of nitrogens with one attached hydrogen (secondary N) is 1. The molecule has 3 aromatic carbocycles. The molecule has 0 radical (unpaired) electrons. The molecule has 0 aliphatic carbocycles. The Hall–Kier alpha value is -3.80. The molecule has 6 nitrogen and oxygen atoms in total. The highest BCUT2D eigenvalue weighted by Crippen LogP contribution is 2.28. The van der Waals surface area contributed by atoms with Gasteiger partial charge in [-0.3, -0.25) is 4.79 Å². The van der Waals surface area contributed by atoms with Gasteiger partial charge in [0.05, 0.1) is 23.9 Å². The van der Waals surface area contributed by atoms with Gasteiger partial charge in [0.15, 0.2) is 0 Å². The Labute approximate surface area is 155 Å². The molecule has 3 aromatic rings. The summed E-state index contributed by atoms with van der Waals surface area (Å²) in [6.45, 7) is 0. The predicted molar refractivity (Wildman–Crippen MR) is 101 cm³/mol. The van der Waals surface area contributed by atoms with Crippen molar-refractivity contribution < 1.29 is 24.5 Å². The molecule has 0 saturated heterocycles. The number of aromatic hydroxyl groups is 1. The number of aromatic carboxylic acids is 1. The van der Waals surface area contributed by atoms with Gasteiger partial charge in [0.1, 0.15) is 11.5 Å². The number of hydrogen-bond acceptors (Lipinski definition) is 4. The average Bonchev–Trinajstić information content (AvgIpc) is 2.68. The number of carbonyl (C=O) groups is 2. The van der Waals surface area contributed by atoms with Crippen molar-refractivity contribution in [1.29, 1.82) is 0 Å². The maximum absolute atomic E-state index is 12.6. The lowest BCUT2D eigenvalue weighted by Gasteiger charge is -2.12. The second kappa shape index (κ2) is 7.61. The van der Waals surface area contributed by atoms with Crippen LogP contribution < -0.4 is 10.1 Å². The van der Waals surface area contributed by atoms with Gasteiger partial charge in [-0.25, -0.2) is 4.79 Å². The lowest BCUT2D eigenvalue weighted by Crippen LogP contribution is -2.15. The topological polar surface area (TPSA) is 95.9 Å². The van der Waals surface area contributed by atoms with Gasteiger partial charge < -0.3 is 20.3 Å². The van der Waals surface area contributed by atoms with Crippen LogP contribution in [0.3, 0.4) is 0 Å². The summed E-state index contributed by atoms with van der Waals surface area (Å²) in [7, 11) is 1.44. The first-order valence-electron chi connectivity index (χ1n) is 8.10. The van der Waals surface area contributed by atoms with E-state index >= 15 is 0 Å². The van der Waals surface area contributed by atoms with E-state index in [9.17, 15) is 19.8 Å². The number of carboxylic acids is 1. The molecule has 1 amide bonds. The molecule has 0 spiro atoms. The lowest BCUT2D eigenvalue weighted by molar-refractivity contribution is 0.0698. The molecule has 0 atom stereocenters. The standard InChI is InChI=1S/C21H17NO5/c1-27-15-8-10-19(23)17(12-15)20(24)22-18-11-14(7-9-16(18)21(25)26)13-5-3-2-4-6-13/h2-12,23H,1H3,(H,22,24)(H,25,26). The van der Waals surface area contributed by atoms with Crippen LogP contribution in [0.15, 0.2) is 66.7 Å². The molecule has 0 aliphatic heterocycles. The Kier molecular flexibility index (Phi) is 5.08. The number of methoxy groups -OCH3 is 1. The van der Waals surface area contributed by atoms with Gasteiger partial charge in [-0.15, -0.1) is 0 Å². The van der Waals surface area contributed by atoms with Crippen LogP contribution in [0.25, 0.3) is 11.1 Å². The highest BCUT2D eigenvalue weighted by Gasteiger charge is 2.17. The summed E-state index contributed by atoms with van der Waals surface area (Å²) < 4.78 is 5.06. The minimum Gasteiger partial charge on any atom is -0.507 e. The van der Waals surface area contributed by atoms with E-state index in [0.29, 0.717) is 5.75 Å². The fraction of sp³-hybridized carbons (Fsp3) is 0.0476. The number of phenols is 1. The van der Waals surface area contributed by atoms with Gasteiger partial charge >= 0.3 is 5.97 Å². The summed E-state index contributed by atoms with van der Waals surface area (Å²) in [6, 6.07) is 18.3. The van der Waals surface area contributed by atoms with Crippen LogP contribution in [0, 0.1) is 0 Å². The van der Waals surface area contributed by atoms with Crippen LogP contribution in [-0.4, -0.2) is 29.2 Å². The molecule has 0 aliphatic rings. The van der Waals surface area contributed by atoms with Crippen LogP contribution in [0.1, 0.15) is 20.7 Å². The van der Waals surface area contributed by atoms with Gasteiger partial charge in [0.2, 0.25) is 0 Å². The maximum Gasteiger partial charge on any atom is 0.337 e. The quantitative estimate of drug-likeness (QED) is 0.636. The molecule has 6 heteroatoms. The maximum atomic E-state index is 12.6. The molecule has 136 valence electrons. The largest absolute Gasteiger partial charge is 0.507 e. The number of anilines is 1. The summed E-state index contributed by atoms with van der Waals surface area (Å²) in [5.74, 6) is -1.64. The van der Waals surface area contributed by atoms with Crippen molar-refractivity contribution in [2.45, 2.75) is 0 Å². The molecule has 0 unspecified atom stereocenters. The van der Waals surface area contributed by atoms with Crippen LogP contribution in [-0.2, 0) is 0 Å². The Balaban J connectivity index is 2.00. The fourth-order valence-corrected chi connectivity index (χ4v) is 2.66. The second-order valence-corrected chi connectivity index (χ2v) is 5.77. The van der Waals surface area contributed by atoms with E-state index in [1.807, 2.05) is 30.3 Å². The molecule has 0 heterocycles. The molecule has 27 heavy (non-hydrogen) atoms. The van der Waals surface area contributed by atoms with E-state index in [-0.39, 0.29) is 22.6 Å². The summed E-state index contributed by atoms with van der Waals surface area (Å²) in [5.41, 5.74) is 1.71. The third kappa shape index (κ3) is 3.90. The zero-order valence-corrected chi connectivity index (χ0v) is 14.5. The van der Waals surface area contributed by atoms with E-state index in [2.05, 4.69) is 5.32 Å². The number of phenolic OH excluding ortho intramolecular Hbond substituents is 1. The highest BCUT2D eigenvalue weighted by atomic mass is 16.5. The van der Waals surface area contributed by atoms with Crippen molar-refractivity contribution in [3.63, 3.8) is 0 Å². The molecule has 0 fully saturated rings. The number of amides is 1. The SMILES string of the molecule is COc1ccc(O)c(C(=O)Nc2cc(-c3ccccc3)ccc2C(=O)O)c1. The summed E-state index contributed by atoms with van der Waals surface area (Å²) in [4.78, 5) is 24.1. The molecule has 3 N–H and O–H groups in total. The third-order valence-corrected chi connectivity index (χ3v) is 4.05. The average molecular weight is 363 g/mol. The van der Waals surface area contributed by atoms with E-state index in [1.54, 1.807) is 12.1 Å². The molecular weight excluding hydrogens is 346 g/mol. The first-order chi connectivity index (χ1) is 13.0. The van der Waals surface area contributed by atoms with Crippen molar-refractivity contribution in [3.8, 4) is 22.6 Å². The normalized spacial score (nSPS) is 10.3. The van der Waals surface area contributed by atoms with E-state index in [0.717, 1.165) is 11.1 Å². The number of ether oxygens (including phenoxy) is 1. The van der Waals surface area contributed by atoms with E-state index < -0.39 is 11.9 Å². The third-order valence-electron chi connectivity index (χ3n) is 4.05. The highest BCUT2D eigenvalue weighted by molar-refractivity contribution is 6.09. The van der Waals surface area contributed by atoms with Gasteiger partial charge in [0.25, 0.3) is 5.91 Å². The van der Waals surface area contributed by atoms with Crippen LogP contribution in [0.2, 0.25) is 0 Å². The Morgan fingerprint density at radius 2 is 1.63 bits per heavy atom. The second-order valence-electron chi connectivity index (χ2n) is 5.77. The monoisotopic (exact) mass is 363 g/mol. The Morgan fingerprint density at radius 1 is 0.889 bits per heavy atom. The van der Waals surface area contributed by atoms with Gasteiger partial charge in [-0.1, -0.05) is 36.4 Å². The van der Waals surface area contributed by atoms with Crippen molar-refractivity contribution in [1.82, 2.24) is 0 Å². The summed E-state index contributed by atoms with van der Waals surface area (Å²) >= 11 is 0. The molecule has 0 aromatic heterocycles.